The number of hydrogen-bond donors (Lipinski definition) is 2. The molecule has 1 aromatic rings. The van der Waals surface area contributed by atoms with Gasteiger partial charge in [-0.3, -0.25) is 4.79 Å². The lowest BCUT2D eigenvalue weighted by atomic mass is 10.1. The molecule has 1 aliphatic heterocycles. The van der Waals surface area contributed by atoms with E-state index in [0.717, 1.165) is 13.0 Å². The highest BCUT2D eigenvalue weighted by atomic mass is 35.5. The SMILES string of the molecule is CC1OCCC1Nc1nc[nH]c(=O)c1Cl. The van der Waals surface area contributed by atoms with Gasteiger partial charge in [-0.25, -0.2) is 4.98 Å². The first-order chi connectivity index (χ1) is 7.18. The topological polar surface area (TPSA) is 67.0 Å². The smallest absolute Gasteiger partial charge is 0.271 e. The van der Waals surface area contributed by atoms with Crippen molar-refractivity contribution < 1.29 is 4.74 Å². The molecule has 82 valence electrons. The van der Waals surface area contributed by atoms with Gasteiger partial charge < -0.3 is 15.0 Å². The molecule has 6 heteroatoms. The van der Waals surface area contributed by atoms with Crippen molar-refractivity contribution in [2.45, 2.75) is 25.5 Å². The molecule has 2 unspecified atom stereocenters. The van der Waals surface area contributed by atoms with Crippen LogP contribution in [0.4, 0.5) is 5.82 Å². The molecule has 0 radical (unpaired) electrons. The highest BCUT2D eigenvalue weighted by molar-refractivity contribution is 6.32. The van der Waals surface area contributed by atoms with E-state index in [0.29, 0.717) is 5.82 Å². The molecule has 0 amide bonds. The Kier molecular flexibility index (Phi) is 2.93. The van der Waals surface area contributed by atoms with Crippen molar-refractivity contribution in [2.24, 2.45) is 0 Å². The summed E-state index contributed by atoms with van der Waals surface area (Å²) in [4.78, 5) is 17.6. The van der Waals surface area contributed by atoms with Crippen molar-refractivity contribution in [1.82, 2.24) is 9.97 Å². The summed E-state index contributed by atoms with van der Waals surface area (Å²) in [7, 11) is 0. The third kappa shape index (κ3) is 2.13. The van der Waals surface area contributed by atoms with Gasteiger partial charge in [0.1, 0.15) is 5.02 Å². The minimum absolute atomic E-state index is 0.0941. The maximum Gasteiger partial charge on any atom is 0.271 e. The Labute approximate surface area is 91.8 Å². The van der Waals surface area contributed by atoms with Crippen LogP contribution in [0.15, 0.2) is 11.1 Å². The monoisotopic (exact) mass is 229 g/mol. The maximum atomic E-state index is 11.2. The molecule has 2 N–H and O–H groups in total. The number of rotatable bonds is 2. The average Bonchev–Trinajstić information content (AvgIpc) is 2.60. The zero-order valence-electron chi connectivity index (χ0n) is 8.29. The van der Waals surface area contributed by atoms with Crippen molar-refractivity contribution in [3.05, 3.63) is 21.7 Å². The number of nitrogens with one attached hydrogen (secondary N) is 2. The first kappa shape index (κ1) is 10.4. The number of hydrogen-bond acceptors (Lipinski definition) is 4. The van der Waals surface area contributed by atoms with Crippen LogP contribution < -0.4 is 10.9 Å². The lowest BCUT2D eigenvalue weighted by Crippen LogP contribution is -2.28. The molecule has 1 saturated heterocycles. The molecule has 1 aliphatic rings. The van der Waals surface area contributed by atoms with Crippen LogP contribution >= 0.6 is 11.6 Å². The van der Waals surface area contributed by atoms with E-state index in [1.165, 1.54) is 6.33 Å². The molecular weight excluding hydrogens is 218 g/mol. The van der Waals surface area contributed by atoms with Crippen LogP contribution in [0.5, 0.6) is 0 Å². The highest BCUT2D eigenvalue weighted by Crippen LogP contribution is 2.20. The Morgan fingerprint density at radius 1 is 1.73 bits per heavy atom. The van der Waals surface area contributed by atoms with Crippen LogP contribution in [-0.2, 0) is 4.74 Å². The molecule has 2 atom stereocenters. The lowest BCUT2D eigenvalue weighted by Gasteiger charge is -2.16. The summed E-state index contributed by atoms with van der Waals surface area (Å²) >= 11 is 5.81. The third-order valence-electron chi connectivity index (χ3n) is 2.49. The van der Waals surface area contributed by atoms with Crippen LogP contribution in [0.25, 0.3) is 0 Å². The van der Waals surface area contributed by atoms with Gasteiger partial charge in [-0.05, 0) is 13.3 Å². The summed E-state index contributed by atoms with van der Waals surface area (Å²) in [5.74, 6) is 0.419. The number of aromatic nitrogens is 2. The van der Waals surface area contributed by atoms with Gasteiger partial charge >= 0.3 is 0 Å². The second-order valence-electron chi connectivity index (χ2n) is 3.51. The Hall–Kier alpha value is -1.07. The van der Waals surface area contributed by atoms with Gasteiger partial charge in [-0.15, -0.1) is 0 Å². The van der Waals surface area contributed by atoms with E-state index >= 15 is 0 Å². The molecule has 0 aliphatic carbocycles. The summed E-state index contributed by atoms with van der Waals surface area (Å²) < 4.78 is 5.39. The summed E-state index contributed by atoms with van der Waals surface area (Å²) in [5.41, 5.74) is -0.333. The minimum atomic E-state index is -0.333. The summed E-state index contributed by atoms with van der Waals surface area (Å²) in [6, 6.07) is 0.164. The molecule has 0 aromatic carbocycles. The molecule has 15 heavy (non-hydrogen) atoms. The van der Waals surface area contributed by atoms with Gasteiger partial charge in [0.25, 0.3) is 5.56 Å². The fourth-order valence-corrected chi connectivity index (χ4v) is 1.74. The predicted molar refractivity (Wildman–Crippen MR) is 57.3 cm³/mol. The molecule has 1 aromatic heterocycles. The summed E-state index contributed by atoms with van der Waals surface area (Å²) in [6.45, 7) is 2.70. The lowest BCUT2D eigenvalue weighted by molar-refractivity contribution is 0.121. The van der Waals surface area contributed by atoms with Crippen molar-refractivity contribution >= 4 is 17.4 Å². The molecule has 2 rings (SSSR count). The van der Waals surface area contributed by atoms with Gasteiger partial charge in [0.2, 0.25) is 0 Å². The molecular formula is C9H12ClN3O2. The predicted octanol–water partition coefficient (Wildman–Crippen LogP) is 1.01. The van der Waals surface area contributed by atoms with Crippen LogP contribution in [0, 0.1) is 0 Å². The third-order valence-corrected chi connectivity index (χ3v) is 2.85. The van der Waals surface area contributed by atoms with Gasteiger partial charge in [-0.1, -0.05) is 11.6 Å². The van der Waals surface area contributed by atoms with E-state index in [2.05, 4.69) is 15.3 Å². The first-order valence-corrected chi connectivity index (χ1v) is 5.17. The van der Waals surface area contributed by atoms with Crippen molar-refractivity contribution in [1.29, 1.82) is 0 Å². The number of aromatic amines is 1. The second kappa shape index (κ2) is 4.20. The molecule has 1 fully saturated rings. The number of halogens is 1. The molecule has 0 bridgehead atoms. The van der Waals surface area contributed by atoms with E-state index in [1.54, 1.807) is 0 Å². The average molecular weight is 230 g/mol. The van der Waals surface area contributed by atoms with Crippen molar-refractivity contribution in [2.75, 3.05) is 11.9 Å². The standard InChI is InChI=1S/C9H12ClN3O2/c1-5-6(2-3-15-5)13-8-7(10)9(14)12-4-11-8/h4-6H,2-3H2,1H3,(H2,11,12,13,14). The van der Waals surface area contributed by atoms with E-state index in [9.17, 15) is 4.79 Å². The largest absolute Gasteiger partial charge is 0.376 e. The zero-order chi connectivity index (χ0) is 10.8. The molecule has 5 nitrogen and oxygen atoms in total. The van der Waals surface area contributed by atoms with E-state index in [4.69, 9.17) is 16.3 Å². The fraction of sp³-hybridized carbons (Fsp3) is 0.556. The van der Waals surface area contributed by atoms with Gasteiger partial charge in [0, 0.05) is 6.61 Å². The highest BCUT2D eigenvalue weighted by Gasteiger charge is 2.25. The van der Waals surface area contributed by atoms with Crippen LogP contribution in [0.3, 0.4) is 0 Å². The van der Waals surface area contributed by atoms with Crippen LogP contribution in [-0.4, -0.2) is 28.7 Å². The molecule has 0 saturated carbocycles. The molecule has 2 heterocycles. The van der Waals surface area contributed by atoms with Crippen molar-refractivity contribution in [3.8, 4) is 0 Å². The Bertz CT molecular complexity index is 407. The van der Waals surface area contributed by atoms with E-state index in [-0.39, 0.29) is 22.7 Å². The van der Waals surface area contributed by atoms with Gasteiger partial charge in [0.15, 0.2) is 5.82 Å². The zero-order valence-corrected chi connectivity index (χ0v) is 9.04. The van der Waals surface area contributed by atoms with Crippen LogP contribution in [0.1, 0.15) is 13.3 Å². The number of anilines is 1. The maximum absolute atomic E-state index is 11.2. The first-order valence-electron chi connectivity index (χ1n) is 4.80. The number of ether oxygens (including phenoxy) is 1. The summed E-state index contributed by atoms with van der Waals surface area (Å²) in [5, 5.41) is 3.21. The Balaban J connectivity index is 2.17. The fourth-order valence-electron chi connectivity index (χ4n) is 1.58. The number of H-pyrrole nitrogens is 1. The van der Waals surface area contributed by atoms with Crippen LogP contribution in [0.2, 0.25) is 5.02 Å². The molecule has 0 spiro atoms. The van der Waals surface area contributed by atoms with E-state index in [1.807, 2.05) is 6.92 Å². The van der Waals surface area contributed by atoms with Crippen molar-refractivity contribution in [3.63, 3.8) is 0 Å². The Morgan fingerprint density at radius 2 is 2.53 bits per heavy atom. The number of nitrogens with zero attached hydrogens (tertiary/aromatic N) is 1. The Morgan fingerprint density at radius 3 is 3.20 bits per heavy atom. The summed E-state index contributed by atoms with van der Waals surface area (Å²) in [6.07, 6.45) is 2.34. The quantitative estimate of drug-likeness (QED) is 0.795. The minimum Gasteiger partial charge on any atom is -0.376 e. The van der Waals surface area contributed by atoms with Gasteiger partial charge in [0.05, 0.1) is 18.5 Å². The van der Waals surface area contributed by atoms with Gasteiger partial charge in [-0.2, -0.15) is 0 Å². The van der Waals surface area contributed by atoms with E-state index < -0.39 is 0 Å². The second-order valence-corrected chi connectivity index (χ2v) is 3.89. The normalized spacial score (nSPS) is 25.5.